The minimum absolute atomic E-state index is 0.126. The van der Waals surface area contributed by atoms with E-state index in [9.17, 15) is 14.4 Å². The first-order valence-corrected chi connectivity index (χ1v) is 13.9. The molecule has 0 saturated heterocycles. The summed E-state index contributed by atoms with van der Waals surface area (Å²) < 4.78 is 15.9. The second-order valence-corrected chi connectivity index (χ2v) is 11.9. The van der Waals surface area contributed by atoms with Crippen LogP contribution in [0.15, 0.2) is 62.6 Å². The van der Waals surface area contributed by atoms with Gasteiger partial charge in [-0.3, -0.25) is 9.69 Å². The van der Waals surface area contributed by atoms with Crippen molar-refractivity contribution < 1.29 is 28.6 Å². The van der Waals surface area contributed by atoms with Crippen molar-refractivity contribution in [3.8, 4) is 5.75 Å². The Kier molecular flexibility index (Phi) is 8.39. The van der Waals surface area contributed by atoms with Crippen LogP contribution in [-0.4, -0.2) is 49.6 Å². The lowest BCUT2D eigenvalue weighted by atomic mass is 9.83. The number of hydrogen-bond donors (Lipinski definition) is 0. The Morgan fingerprint density at radius 1 is 0.923 bits per heavy atom. The maximum absolute atomic E-state index is 13.7. The normalized spacial score (nSPS) is 16.5. The highest BCUT2D eigenvalue weighted by molar-refractivity contribution is 8.29. The predicted octanol–water partition coefficient (Wildman–Crippen LogP) is 5.92. The number of thiocarbonyl (C=S) groups is 1. The summed E-state index contributed by atoms with van der Waals surface area (Å²) in [6, 6.07) is 13.3. The van der Waals surface area contributed by atoms with Crippen molar-refractivity contribution in [3.63, 3.8) is 0 Å². The maximum Gasteiger partial charge on any atom is 0.346 e. The van der Waals surface area contributed by atoms with Gasteiger partial charge in [0.2, 0.25) is 0 Å². The van der Waals surface area contributed by atoms with E-state index in [1.165, 1.54) is 20.3 Å². The molecule has 0 atom stereocenters. The molecule has 10 heteroatoms. The minimum Gasteiger partial charge on any atom is -0.497 e. The second-order valence-electron chi connectivity index (χ2n) is 9.20. The average Bonchev–Trinajstić information content (AvgIpc) is 3.37. The van der Waals surface area contributed by atoms with Gasteiger partial charge in [0.15, 0.2) is 0 Å². The molecule has 202 valence electrons. The largest absolute Gasteiger partial charge is 0.497 e. The lowest BCUT2D eigenvalue weighted by molar-refractivity contribution is -0.138. The van der Waals surface area contributed by atoms with Crippen LogP contribution in [0.1, 0.15) is 30.5 Å². The zero-order valence-corrected chi connectivity index (χ0v) is 24.8. The molecule has 7 nitrogen and oxygen atoms in total. The molecule has 2 heterocycles. The third-order valence-corrected chi connectivity index (χ3v) is 9.57. The Balaban J connectivity index is 1.85. The van der Waals surface area contributed by atoms with Gasteiger partial charge in [-0.1, -0.05) is 65.6 Å². The molecule has 0 N–H and O–H groups in total. The number of anilines is 1. The quantitative estimate of drug-likeness (QED) is 0.243. The van der Waals surface area contributed by atoms with E-state index in [0.717, 1.165) is 34.7 Å². The minimum atomic E-state index is -0.922. The fourth-order valence-corrected chi connectivity index (χ4v) is 7.27. The highest BCUT2D eigenvalue weighted by Gasteiger charge is 2.45. The van der Waals surface area contributed by atoms with E-state index in [-0.39, 0.29) is 15.7 Å². The van der Waals surface area contributed by atoms with Crippen LogP contribution in [-0.2, 0) is 23.9 Å². The summed E-state index contributed by atoms with van der Waals surface area (Å²) in [5.41, 5.74) is 3.04. The van der Waals surface area contributed by atoms with Crippen LogP contribution in [0, 0.1) is 6.92 Å². The van der Waals surface area contributed by atoms with Gasteiger partial charge in [-0.25, -0.2) is 9.59 Å². The molecular weight excluding hydrogens is 555 g/mol. The zero-order chi connectivity index (χ0) is 28.5. The molecule has 0 spiro atoms. The highest BCUT2D eigenvalue weighted by atomic mass is 32.2. The standard InChI is InChI=1S/C29H27NO6S3/c1-16-7-9-17(10-8-16)11-14-21(31)30-20-13-12-18(34-4)15-19(20)22(25(37)29(30,2)3)28-38-23(26(32)35-5)24(39-28)27(33)36-6/h7-15H,1-6H3. The van der Waals surface area contributed by atoms with E-state index in [1.54, 1.807) is 30.2 Å². The molecule has 0 saturated carbocycles. The highest BCUT2D eigenvalue weighted by Crippen LogP contribution is 2.56. The van der Waals surface area contributed by atoms with E-state index < -0.39 is 17.5 Å². The monoisotopic (exact) mass is 581 g/mol. The molecular formula is C29H27NO6S3. The van der Waals surface area contributed by atoms with E-state index in [1.807, 2.05) is 51.1 Å². The summed E-state index contributed by atoms with van der Waals surface area (Å²) in [5, 5.41) is 0. The number of rotatable bonds is 5. The van der Waals surface area contributed by atoms with E-state index in [2.05, 4.69) is 0 Å². The third-order valence-electron chi connectivity index (χ3n) is 6.31. The SMILES string of the molecule is COC(=O)C1=C(C(=O)OC)SC(=C2C(=S)C(C)(C)N(C(=O)C=Cc3ccc(C)cc3)c3ccc(OC)cc32)S1. The van der Waals surface area contributed by atoms with Gasteiger partial charge in [0.05, 0.1) is 41.7 Å². The van der Waals surface area contributed by atoms with Crippen molar-refractivity contribution in [1.29, 1.82) is 0 Å². The van der Waals surface area contributed by atoms with Gasteiger partial charge in [-0.05, 0) is 50.6 Å². The number of carbonyl (C=O) groups is 3. The Morgan fingerprint density at radius 3 is 2.05 bits per heavy atom. The topological polar surface area (TPSA) is 82.1 Å². The number of benzene rings is 2. The van der Waals surface area contributed by atoms with Crippen LogP contribution >= 0.6 is 35.7 Å². The number of aryl methyl sites for hydroxylation is 1. The van der Waals surface area contributed by atoms with Crippen LogP contribution in [0.5, 0.6) is 5.75 Å². The van der Waals surface area contributed by atoms with E-state index in [4.69, 9.17) is 26.4 Å². The van der Waals surface area contributed by atoms with Crippen molar-refractivity contribution >= 4 is 75.8 Å². The number of esters is 2. The molecule has 0 bridgehead atoms. The van der Waals surface area contributed by atoms with E-state index in [0.29, 0.717) is 31.7 Å². The lowest BCUT2D eigenvalue weighted by Crippen LogP contribution is -2.55. The summed E-state index contributed by atoms with van der Waals surface area (Å²) in [6.07, 6.45) is 3.31. The van der Waals surface area contributed by atoms with Crippen molar-refractivity contribution in [2.24, 2.45) is 0 Å². The molecule has 1 amide bonds. The summed E-state index contributed by atoms with van der Waals surface area (Å²) in [4.78, 5) is 41.1. The number of nitrogens with zero attached hydrogens (tertiary/aromatic N) is 1. The van der Waals surface area contributed by atoms with Crippen LogP contribution in [0.3, 0.4) is 0 Å². The third kappa shape index (κ3) is 5.41. The first kappa shape index (κ1) is 28.7. The molecule has 4 rings (SSSR count). The number of ether oxygens (including phenoxy) is 3. The van der Waals surface area contributed by atoms with Crippen molar-refractivity contribution in [2.45, 2.75) is 26.3 Å². The first-order chi connectivity index (χ1) is 18.5. The molecule has 39 heavy (non-hydrogen) atoms. The molecule has 0 aromatic heterocycles. The van der Waals surface area contributed by atoms with Gasteiger partial charge >= 0.3 is 11.9 Å². The van der Waals surface area contributed by atoms with E-state index >= 15 is 0 Å². The number of fused-ring (bicyclic) bond motifs is 1. The van der Waals surface area contributed by atoms with Gasteiger partial charge < -0.3 is 14.2 Å². The zero-order valence-electron chi connectivity index (χ0n) is 22.3. The Morgan fingerprint density at radius 2 is 1.51 bits per heavy atom. The van der Waals surface area contributed by atoms with Crippen LogP contribution < -0.4 is 9.64 Å². The number of carbonyl (C=O) groups excluding carboxylic acids is 3. The number of methoxy groups -OCH3 is 3. The molecule has 0 unspecified atom stereocenters. The Bertz CT molecular complexity index is 1440. The molecule has 2 aromatic carbocycles. The molecule has 0 radical (unpaired) electrons. The van der Waals surface area contributed by atoms with Gasteiger partial charge in [0, 0.05) is 17.2 Å². The van der Waals surface area contributed by atoms with Gasteiger partial charge in [0.25, 0.3) is 5.91 Å². The summed E-state index contributed by atoms with van der Waals surface area (Å²) in [7, 11) is 4.06. The fourth-order valence-electron chi connectivity index (χ4n) is 4.24. The smallest absolute Gasteiger partial charge is 0.346 e. The maximum atomic E-state index is 13.7. The van der Waals surface area contributed by atoms with Gasteiger partial charge in [-0.15, -0.1) is 0 Å². The number of amides is 1. The number of hydrogen-bond acceptors (Lipinski definition) is 9. The molecule has 2 aliphatic rings. The molecule has 2 aliphatic heterocycles. The molecule has 2 aromatic rings. The average molecular weight is 582 g/mol. The van der Waals surface area contributed by atoms with Crippen LogP contribution in [0.4, 0.5) is 5.69 Å². The Labute approximate surface area is 241 Å². The summed E-state index contributed by atoms with van der Waals surface area (Å²) in [5.74, 6) is -0.963. The van der Waals surface area contributed by atoms with Crippen LogP contribution in [0.2, 0.25) is 0 Å². The van der Waals surface area contributed by atoms with Crippen molar-refractivity contribution in [2.75, 3.05) is 26.2 Å². The van der Waals surface area contributed by atoms with Crippen LogP contribution in [0.25, 0.3) is 11.6 Å². The second kappa shape index (κ2) is 11.4. The Hall–Kier alpha value is -3.34. The lowest BCUT2D eigenvalue weighted by Gasteiger charge is -2.45. The van der Waals surface area contributed by atoms with Gasteiger partial charge in [-0.2, -0.15) is 0 Å². The van der Waals surface area contributed by atoms with Crippen molar-refractivity contribution in [1.82, 2.24) is 0 Å². The number of thioether (sulfide) groups is 2. The summed E-state index contributed by atoms with van der Waals surface area (Å²) in [6.45, 7) is 5.76. The molecule has 0 aliphatic carbocycles. The predicted molar refractivity (Wildman–Crippen MR) is 161 cm³/mol. The first-order valence-electron chi connectivity index (χ1n) is 11.9. The fraction of sp³-hybridized carbons (Fsp3) is 0.241. The molecule has 0 fully saturated rings. The van der Waals surface area contributed by atoms with Crippen molar-refractivity contribution in [3.05, 3.63) is 79.3 Å². The summed E-state index contributed by atoms with van der Waals surface area (Å²) >= 11 is 8.22. The van der Waals surface area contributed by atoms with Gasteiger partial charge in [0.1, 0.15) is 15.6 Å².